The molecule has 1 fully saturated rings. The first-order valence-electron chi connectivity index (χ1n) is 7.62. The van der Waals surface area contributed by atoms with Crippen LogP contribution in [0.4, 0.5) is 0 Å². The number of aliphatic carboxylic acids is 1. The van der Waals surface area contributed by atoms with Gasteiger partial charge >= 0.3 is 5.97 Å². The Bertz CT molecular complexity index is 288. The topological polar surface area (TPSA) is 75.6 Å². The van der Waals surface area contributed by atoms with Gasteiger partial charge in [0.1, 0.15) is 0 Å². The van der Waals surface area contributed by atoms with Crippen molar-refractivity contribution in [1.82, 2.24) is 5.32 Å². The zero-order chi connectivity index (χ0) is 15.5. The molecule has 0 heterocycles. The summed E-state index contributed by atoms with van der Waals surface area (Å²) in [6, 6.07) is -0.967. The molecule has 1 rings (SSSR count). The third-order valence-electron chi connectivity index (χ3n) is 3.41. The van der Waals surface area contributed by atoms with E-state index < -0.39 is 18.1 Å². The van der Waals surface area contributed by atoms with Crippen molar-refractivity contribution in [1.29, 1.82) is 0 Å². The summed E-state index contributed by atoms with van der Waals surface area (Å²) in [7, 11) is 0. The highest BCUT2D eigenvalue weighted by Gasteiger charge is 2.27. The van der Waals surface area contributed by atoms with Gasteiger partial charge in [-0.05, 0) is 25.7 Å². The molecule has 0 radical (unpaired) electrons. The zero-order valence-electron chi connectivity index (χ0n) is 13.1. The average molecular weight is 287 g/mol. The van der Waals surface area contributed by atoms with Crippen molar-refractivity contribution in [2.75, 3.05) is 6.61 Å². The number of ether oxygens (including phenoxy) is 1. The standard InChI is InChI=1S/C13H23NO4.C2H6/c1-9(12(13(16)17)14-10(2)15)18-8-11-6-4-3-5-7-11;1-2/h9,11-12H,3-8H2,1-2H3,(H,14,15)(H,16,17);1-2H3. The molecule has 1 saturated carbocycles. The van der Waals surface area contributed by atoms with Crippen LogP contribution in [0.15, 0.2) is 0 Å². The summed E-state index contributed by atoms with van der Waals surface area (Å²) in [5.74, 6) is -0.871. The summed E-state index contributed by atoms with van der Waals surface area (Å²) in [5, 5.41) is 11.4. The van der Waals surface area contributed by atoms with E-state index in [0.717, 1.165) is 12.8 Å². The van der Waals surface area contributed by atoms with Gasteiger partial charge in [0.25, 0.3) is 0 Å². The van der Waals surface area contributed by atoms with Crippen molar-refractivity contribution in [3.63, 3.8) is 0 Å². The molecule has 20 heavy (non-hydrogen) atoms. The highest BCUT2D eigenvalue weighted by Crippen LogP contribution is 2.24. The third-order valence-corrected chi connectivity index (χ3v) is 3.41. The minimum atomic E-state index is -1.05. The molecule has 0 saturated heterocycles. The van der Waals surface area contributed by atoms with Crippen LogP contribution in [0.1, 0.15) is 59.8 Å². The van der Waals surface area contributed by atoms with Crippen LogP contribution < -0.4 is 5.32 Å². The van der Waals surface area contributed by atoms with E-state index in [-0.39, 0.29) is 5.91 Å². The Hall–Kier alpha value is -1.10. The Morgan fingerprint density at radius 3 is 2.25 bits per heavy atom. The van der Waals surface area contributed by atoms with Crippen molar-refractivity contribution < 1.29 is 19.4 Å². The molecule has 0 aromatic rings. The number of rotatable bonds is 6. The predicted octanol–water partition coefficient (Wildman–Crippen LogP) is 2.59. The second kappa shape index (κ2) is 10.7. The molecule has 118 valence electrons. The van der Waals surface area contributed by atoms with Crippen LogP contribution in [0.5, 0.6) is 0 Å². The van der Waals surface area contributed by atoms with Gasteiger partial charge in [-0.1, -0.05) is 33.1 Å². The number of nitrogens with one attached hydrogen (secondary N) is 1. The number of hydrogen-bond donors (Lipinski definition) is 2. The minimum Gasteiger partial charge on any atom is -0.480 e. The van der Waals surface area contributed by atoms with E-state index in [4.69, 9.17) is 9.84 Å². The van der Waals surface area contributed by atoms with Gasteiger partial charge in [0, 0.05) is 13.5 Å². The van der Waals surface area contributed by atoms with E-state index >= 15 is 0 Å². The molecule has 0 aliphatic heterocycles. The Morgan fingerprint density at radius 2 is 1.80 bits per heavy atom. The summed E-state index contributed by atoms with van der Waals surface area (Å²) in [5.41, 5.74) is 0. The summed E-state index contributed by atoms with van der Waals surface area (Å²) in [6.07, 6.45) is 5.56. The predicted molar refractivity (Wildman–Crippen MR) is 78.6 cm³/mol. The van der Waals surface area contributed by atoms with Crippen LogP contribution in [0.3, 0.4) is 0 Å². The highest BCUT2D eigenvalue weighted by atomic mass is 16.5. The minimum absolute atomic E-state index is 0.351. The lowest BCUT2D eigenvalue weighted by Crippen LogP contribution is -2.48. The number of carbonyl (C=O) groups excluding carboxylic acids is 1. The normalized spacial score (nSPS) is 18.4. The first-order valence-corrected chi connectivity index (χ1v) is 7.62. The quantitative estimate of drug-likeness (QED) is 0.787. The first-order chi connectivity index (χ1) is 9.50. The van der Waals surface area contributed by atoms with Crippen LogP contribution in [-0.2, 0) is 14.3 Å². The lowest BCUT2D eigenvalue weighted by atomic mass is 9.90. The fourth-order valence-electron chi connectivity index (χ4n) is 2.34. The van der Waals surface area contributed by atoms with E-state index in [1.54, 1.807) is 6.92 Å². The molecule has 5 heteroatoms. The van der Waals surface area contributed by atoms with Crippen molar-refractivity contribution in [3.05, 3.63) is 0 Å². The molecule has 0 aromatic carbocycles. The summed E-state index contributed by atoms with van der Waals surface area (Å²) in [6.45, 7) is 7.59. The van der Waals surface area contributed by atoms with Gasteiger partial charge in [0.05, 0.1) is 6.10 Å². The van der Waals surface area contributed by atoms with Gasteiger partial charge < -0.3 is 15.2 Å². The molecule has 0 aromatic heterocycles. The van der Waals surface area contributed by atoms with Gasteiger partial charge in [-0.15, -0.1) is 0 Å². The fourth-order valence-corrected chi connectivity index (χ4v) is 2.34. The second-order valence-corrected chi connectivity index (χ2v) is 5.06. The van der Waals surface area contributed by atoms with E-state index in [1.165, 1.54) is 26.2 Å². The molecule has 1 aliphatic carbocycles. The van der Waals surface area contributed by atoms with Gasteiger partial charge in [-0.3, -0.25) is 4.79 Å². The van der Waals surface area contributed by atoms with Crippen molar-refractivity contribution >= 4 is 11.9 Å². The maximum absolute atomic E-state index is 11.0. The number of carbonyl (C=O) groups is 2. The molecule has 1 amide bonds. The number of hydrogen-bond acceptors (Lipinski definition) is 3. The summed E-state index contributed by atoms with van der Waals surface area (Å²) in [4.78, 5) is 22.0. The van der Waals surface area contributed by atoms with Gasteiger partial charge in [0.2, 0.25) is 5.91 Å². The molecule has 0 bridgehead atoms. The SMILES string of the molecule is CC.CC(=O)NC(C(=O)O)C(C)OCC1CCCCC1. The second-order valence-electron chi connectivity index (χ2n) is 5.06. The maximum Gasteiger partial charge on any atom is 0.328 e. The van der Waals surface area contributed by atoms with Crippen LogP contribution in [0.25, 0.3) is 0 Å². The van der Waals surface area contributed by atoms with Crippen molar-refractivity contribution in [2.24, 2.45) is 5.92 Å². The monoisotopic (exact) mass is 287 g/mol. The van der Waals surface area contributed by atoms with Crippen molar-refractivity contribution in [2.45, 2.75) is 71.9 Å². The molecular formula is C15H29NO4. The Morgan fingerprint density at radius 1 is 1.25 bits per heavy atom. The third kappa shape index (κ3) is 7.48. The Balaban J connectivity index is 0.00000172. The highest BCUT2D eigenvalue weighted by molar-refractivity contribution is 5.82. The van der Waals surface area contributed by atoms with Crippen LogP contribution in [-0.4, -0.2) is 35.7 Å². The molecule has 2 N–H and O–H groups in total. The number of carboxylic acids is 1. The molecule has 2 atom stereocenters. The van der Waals surface area contributed by atoms with Crippen LogP contribution in [0, 0.1) is 5.92 Å². The smallest absolute Gasteiger partial charge is 0.328 e. The first kappa shape index (κ1) is 18.9. The van der Waals surface area contributed by atoms with E-state index in [9.17, 15) is 9.59 Å². The van der Waals surface area contributed by atoms with Gasteiger partial charge in [-0.2, -0.15) is 0 Å². The molecule has 1 aliphatic rings. The van der Waals surface area contributed by atoms with Crippen LogP contribution >= 0.6 is 0 Å². The lowest BCUT2D eigenvalue weighted by Gasteiger charge is -2.26. The molecule has 0 spiro atoms. The number of amides is 1. The zero-order valence-corrected chi connectivity index (χ0v) is 13.1. The molecule has 2 unspecified atom stereocenters. The lowest BCUT2D eigenvalue weighted by molar-refractivity contribution is -0.146. The fraction of sp³-hybridized carbons (Fsp3) is 0.867. The van der Waals surface area contributed by atoms with E-state index in [1.807, 2.05) is 13.8 Å². The summed E-state index contributed by atoms with van der Waals surface area (Å²) >= 11 is 0. The molecular weight excluding hydrogens is 258 g/mol. The average Bonchev–Trinajstić information content (AvgIpc) is 2.45. The van der Waals surface area contributed by atoms with Gasteiger partial charge in [0.15, 0.2) is 6.04 Å². The summed E-state index contributed by atoms with van der Waals surface area (Å²) < 4.78 is 5.61. The van der Waals surface area contributed by atoms with E-state index in [0.29, 0.717) is 12.5 Å². The molecule has 5 nitrogen and oxygen atoms in total. The van der Waals surface area contributed by atoms with Crippen LogP contribution in [0.2, 0.25) is 0 Å². The largest absolute Gasteiger partial charge is 0.480 e. The maximum atomic E-state index is 11.0. The van der Waals surface area contributed by atoms with Crippen molar-refractivity contribution in [3.8, 4) is 0 Å². The Labute approximate surface area is 122 Å². The van der Waals surface area contributed by atoms with E-state index in [2.05, 4.69) is 5.32 Å². The van der Waals surface area contributed by atoms with Gasteiger partial charge in [-0.25, -0.2) is 4.79 Å². The Kier molecular flexibility index (Phi) is 10.1. The number of carboxylic acid groups (broad SMARTS) is 1.